The van der Waals surface area contributed by atoms with E-state index in [-0.39, 0.29) is 11.0 Å². The van der Waals surface area contributed by atoms with Gasteiger partial charge in [-0.3, -0.25) is 4.79 Å². The maximum atomic E-state index is 14.6. The van der Waals surface area contributed by atoms with Gasteiger partial charge in [-0.15, -0.1) is 0 Å². The molecule has 0 aromatic heterocycles. The molecule has 1 aromatic carbocycles. The molecule has 8 fully saturated rings. The number of hydrogen-bond donors (Lipinski definition) is 0. The van der Waals surface area contributed by atoms with E-state index in [4.69, 9.17) is 0 Å². The highest BCUT2D eigenvalue weighted by atomic mass is 16.2. The highest BCUT2D eigenvalue weighted by molar-refractivity contribution is 5.99. The Bertz CT molecular complexity index is 756. The Morgan fingerprint density at radius 1 is 0.655 bits per heavy atom. The monoisotopic (exact) mass is 389 g/mol. The summed E-state index contributed by atoms with van der Waals surface area (Å²) in [5, 5.41) is 0. The van der Waals surface area contributed by atoms with Crippen LogP contribution in [-0.4, -0.2) is 11.4 Å². The van der Waals surface area contributed by atoms with Gasteiger partial charge in [-0.1, -0.05) is 18.2 Å². The third kappa shape index (κ3) is 2.50. The predicted molar refractivity (Wildman–Crippen MR) is 115 cm³/mol. The van der Waals surface area contributed by atoms with E-state index in [0.29, 0.717) is 5.91 Å². The summed E-state index contributed by atoms with van der Waals surface area (Å²) in [6, 6.07) is 10.9. The molecule has 1 amide bonds. The fourth-order valence-corrected chi connectivity index (χ4v) is 10.1. The lowest BCUT2D eigenvalue weighted by atomic mass is 9.48. The van der Waals surface area contributed by atoms with Gasteiger partial charge in [0.1, 0.15) is 0 Å². The second-order valence-corrected chi connectivity index (χ2v) is 12.3. The lowest BCUT2D eigenvalue weighted by molar-refractivity contribution is -0.147. The number of hydrogen-bond acceptors (Lipinski definition) is 1. The van der Waals surface area contributed by atoms with E-state index in [0.717, 1.165) is 35.5 Å². The Hall–Kier alpha value is -1.31. The Morgan fingerprint density at radius 2 is 1.07 bits per heavy atom. The zero-order chi connectivity index (χ0) is 19.2. The summed E-state index contributed by atoms with van der Waals surface area (Å²) in [6.45, 7) is 0. The van der Waals surface area contributed by atoms with Crippen molar-refractivity contribution >= 4 is 11.6 Å². The van der Waals surface area contributed by atoms with Crippen LogP contribution in [0.2, 0.25) is 0 Å². The first kappa shape index (κ1) is 17.4. The normalized spacial score (nSPS) is 48.8. The van der Waals surface area contributed by atoms with Crippen molar-refractivity contribution < 1.29 is 4.79 Å². The zero-order valence-electron chi connectivity index (χ0n) is 17.7. The maximum Gasteiger partial charge on any atom is 0.233 e. The molecule has 8 aliphatic rings. The maximum absolute atomic E-state index is 14.6. The van der Waals surface area contributed by atoms with Crippen LogP contribution in [0.5, 0.6) is 0 Å². The second-order valence-electron chi connectivity index (χ2n) is 12.3. The van der Waals surface area contributed by atoms with Crippen molar-refractivity contribution in [1.29, 1.82) is 0 Å². The molecular formula is C27H35NO. The summed E-state index contributed by atoms with van der Waals surface area (Å²) >= 11 is 0. The molecular weight excluding hydrogens is 354 g/mol. The Morgan fingerprint density at radius 3 is 1.52 bits per heavy atom. The molecule has 2 nitrogen and oxygen atoms in total. The molecule has 9 rings (SSSR count). The second kappa shape index (κ2) is 5.89. The number of para-hydroxylation sites is 1. The molecule has 8 aliphatic carbocycles. The fourth-order valence-electron chi connectivity index (χ4n) is 10.1. The van der Waals surface area contributed by atoms with Gasteiger partial charge >= 0.3 is 0 Å². The molecule has 154 valence electrons. The van der Waals surface area contributed by atoms with Gasteiger partial charge in [0.05, 0.1) is 5.41 Å². The van der Waals surface area contributed by atoms with Gasteiger partial charge in [0, 0.05) is 11.2 Å². The molecule has 0 radical (unpaired) electrons. The summed E-state index contributed by atoms with van der Waals surface area (Å²) in [7, 11) is 0. The Kier molecular flexibility index (Phi) is 3.53. The fraction of sp³-hybridized carbons (Fsp3) is 0.741. The molecule has 0 heterocycles. The van der Waals surface area contributed by atoms with E-state index in [1.165, 1.54) is 82.7 Å². The standard InChI is InChI=1S/C27H35NO/c29-25(26-12-18-6-19(13-26)8-20(7-18)14-26)28(24-4-2-1-3-5-24)27-15-21-9-22(16-27)11-23(10-21)17-27/h1-5,18-23H,6-17H2. The van der Waals surface area contributed by atoms with E-state index in [1.54, 1.807) is 0 Å². The van der Waals surface area contributed by atoms with Crippen LogP contribution >= 0.6 is 0 Å². The molecule has 8 bridgehead atoms. The van der Waals surface area contributed by atoms with Crippen LogP contribution in [0.1, 0.15) is 77.0 Å². The number of anilines is 1. The van der Waals surface area contributed by atoms with Crippen molar-refractivity contribution in [2.45, 2.75) is 82.6 Å². The quantitative estimate of drug-likeness (QED) is 0.602. The summed E-state index contributed by atoms with van der Waals surface area (Å²) in [6.07, 6.45) is 15.9. The number of carbonyl (C=O) groups excluding carboxylic acids is 1. The van der Waals surface area contributed by atoms with Crippen molar-refractivity contribution in [2.75, 3.05) is 4.90 Å². The molecule has 1 aromatic rings. The molecule has 0 unspecified atom stereocenters. The minimum Gasteiger partial charge on any atom is -0.306 e. The van der Waals surface area contributed by atoms with E-state index in [1.807, 2.05) is 0 Å². The van der Waals surface area contributed by atoms with E-state index in [9.17, 15) is 4.79 Å². The SMILES string of the molecule is O=C(N(c1ccccc1)C12CC3CC(CC(C3)C1)C2)C12CC3CC(CC(C3)C1)C2. The van der Waals surface area contributed by atoms with Gasteiger partial charge in [0.15, 0.2) is 0 Å². The average molecular weight is 390 g/mol. The molecule has 0 N–H and O–H groups in total. The van der Waals surface area contributed by atoms with Crippen LogP contribution in [0.4, 0.5) is 5.69 Å². The first-order valence-electron chi connectivity index (χ1n) is 12.5. The third-order valence-corrected chi connectivity index (χ3v) is 10.2. The Balaban J connectivity index is 1.32. The average Bonchev–Trinajstić information content (AvgIpc) is 2.66. The number of nitrogens with zero attached hydrogens (tertiary/aromatic N) is 1. The number of amides is 1. The highest BCUT2D eigenvalue weighted by Gasteiger charge is 2.60. The largest absolute Gasteiger partial charge is 0.306 e. The van der Waals surface area contributed by atoms with E-state index in [2.05, 4.69) is 35.2 Å². The first-order valence-corrected chi connectivity index (χ1v) is 12.5. The van der Waals surface area contributed by atoms with Crippen molar-refractivity contribution in [3.05, 3.63) is 30.3 Å². The van der Waals surface area contributed by atoms with E-state index >= 15 is 0 Å². The molecule has 2 heteroatoms. The summed E-state index contributed by atoms with van der Waals surface area (Å²) in [5.74, 6) is 5.66. The number of rotatable bonds is 3. The summed E-state index contributed by atoms with van der Waals surface area (Å²) in [5.41, 5.74) is 1.29. The minimum absolute atomic E-state index is 0.0338. The number of carbonyl (C=O) groups is 1. The van der Waals surface area contributed by atoms with Crippen LogP contribution in [0.15, 0.2) is 30.3 Å². The summed E-state index contributed by atoms with van der Waals surface area (Å²) in [4.78, 5) is 17.1. The third-order valence-electron chi connectivity index (χ3n) is 10.2. The summed E-state index contributed by atoms with van der Waals surface area (Å²) < 4.78 is 0. The van der Waals surface area contributed by atoms with Crippen LogP contribution < -0.4 is 4.90 Å². The molecule has 0 atom stereocenters. The Labute approximate surface area is 175 Å². The molecule has 8 saturated carbocycles. The van der Waals surface area contributed by atoms with Crippen LogP contribution in [-0.2, 0) is 4.79 Å². The smallest absolute Gasteiger partial charge is 0.233 e. The molecule has 0 saturated heterocycles. The zero-order valence-corrected chi connectivity index (χ0v) is 17.7. The molecule has 29 heavy (non-hydrogen) atoms. The molecule has 0 aliphatic heterocycles. The lowest BCUT2D eigenvalue weighted by Gasteiger charge is -2.63. The van der Waals surface area contributed by atoms with Crippen molar-refractivity contribution in [1.82, 2.24) is 0 Å². The first-order chi connectivity index (χ1) is 14.1. The topological polar surface area (TPSA) is 20.3 Å². The van der Waals surface area contributed by atoms with Gasteiger partial charge in [-0.25, -0.2) is 0 Å². The van der Waals surface area contributed by atoms with Gasteiger partial charge in [0.2, 0.25) is 5.91 Å². The van der Waals surface area contributed by atoms with Crippen molar-refractivity contribution in [3.63, 3.8) is 0 Å². The van der Waals surface area contributed by atoms with Gasteiger partial charge in [0.25, 0.3) is 0 Å². The van der Waals surface area contributed by atoms with Crippen LogP contribution in [0, 0.1) is 40.9 Å². The van der Waals surface area contributed by atoms with Gasteiger partial charge in [-0.2, -0.15) is 0 Å². The van der Waals surface area contributed by atoms with Gasteiger partial charge in [-0.05, 0) is 125 Å². The van der Waals surface area contributed by atoms with Crippen molar-refractivity contribution in [2.24, 2.45) is 40.9 Å². The van der Waals surface area contributed by atoms with Crippen LogP contribution in [0.3, 0.4) is 0 Å². The van der Waals surface area contributed by atoms with Crippen molar-refractivity contribution in [3.8, 4) is 0 Å². The minimum atomic E-state index is -0.0338. The van der Waals surface area contributed by atoms with E-state index < -0.39 is 0 Å². The highest BCUT2D eigenvalue weighted by Crippen LogP contribution is 2.63. The number of benzene rings is 1. The van der Waals surface area contributed by atoms with Crippen LogP contribution in [0.25, 0.3) is 0 Å². The predicted octanol–water partition coefficient (Wildman–Crippen LogP) is 6.20. The molecule has 0 spiro atoms. The lowest BCUT2D eigenvalue weighted by Crippen LogP contribution is -2.66. The van der Waals surface area contributed by atoms with Gasteiger partial charge < -0.3 is 4.90 Å².